The van der Waals surface area contributed by atoms with Crippen LogP contribution in [0, 0.1) is 0 Å². The van der Waals surface area contributed by atoms with Crippen molar-refractivity contribution < 1.29 is 4.42 Å². The standard InChI is InChI=1S/C17H28N4O/c1-3-10-18-17(19-11-9-16-8-6-13-22-16)20-14-15-7-5-12-21(15)4-2/h3,6,8,13,15H,1,4-5,7,9-12,14H2,2H3,(H2,18,19,20). The van der Waals surface area contributed by atoms with Gasteiger partial charge in [0.15, 0.2) is 5.96 Å². The number of guanidine groups is 1. The lowest BCUT2D eigenvalue weighted by atomic mass is 10.2. The molecule has 1 aliphatic rings. The van der Waals surface area contributed by atoms with Gasteiger partial charge >= 0.3 is 0 Å². The van der Waals surface area contributed by atoms with Gasteiger partial charge in [-0.2, -0.15) is 0 Å². The highest BCUT2D eigenvalue weighted by molar-refractivity contribution is 5.79. The van der Waals surface area contributed by atoms with Crippen LogP contribution < -0.4 is 10.6 Å². The third kappa shape index (κ3) is 5.22. The smallest absolute Gasteiger partial charge is 0.191 e. The number of hydrogen-bond donors (Lipinski definition) is 2. The Morgan fingerprint density at radius 2 is 2.45 bits per heavy atom. The van der Waals surface area contributed by atoms with Crippen molar-refractivity contribution in [1.29, 1.82) is 0 Å². The summed E-state index contributed by atoms with van der Waals surface area (Å²) in [4.78, 5) is 7.25. The molecular formula is C17H28N4O. The molecule has 1 fully saturated rings. The quantitative estimate of drug-likeness (QED) is 0.438. The molecule has 0 amide bonds. The first-order chi connectivity index (χ1) is 10.8. The Kier molecular flexibility index (Phi) is 7.03. The van der Waals surface area contributed by atoms with Crippen LogP contribution in [0.5, 0.6) is 0 Å². The zero-order valence-electron chi connectivity index (χ0n) is 13.6. The van der Waals surface area contributed by atoms with Crippen LogP contribution in [0.4, 0.5) is 0 Å². The summed E-state index contributed by atoms with van der Waals surface area (Å²) in [5.41, 5.74) is 0. The van der Waals surface area contributed by atoms with Gasteiger partial charge in [0.05, 0.1) is 12.8 Å². The normalized spacial score (nSPS) is 19.3. The largest absolute Gasteiger partial charge is 0.469 e. The number of hydrogen-bond acceptors (Lipinski definition) is 3. The Bertz CT molecular complexity index is 455. The number of nitrogens with one attached hydrogen (secondary N) is 2. The van der Waals surface area contributed by atoms with E-state index < -0.39 is 0 Å². The molecule has 0 spiro atoms. The predicted octanol–water partition coefficient (Wildman–Crippen LogP) is 2.03. The molecular weight excluding hydrogens is 276 g/mol. The lowest BCUT2D eigenvalue weighted by molar-refractivity contribution is 0.273. The fraction of sp³-hybridized carbons (Fsp3) is 0.588. The second kappa shape index (κ2) is 9.30. The van der Waals surface area contributed by atoms with E-state index in [9.17, 15) is 0 Å². The molecule has 2 heterocycles. The second-order valence-electron chi connectivity index (χ2n) is 5.54. The van der Waals surface area contributed by atoms with Gasteiger partial charge in [0.25, 0.3) is 0 Å². The molecule has 2 rings (SSSR count). The number of furan rings is 1. The first-order valence-electron chi connectivity index (χ1n) is 8.23. The summed E-state index contributed by atoms with van der Waals surface area (Å²) >= 11 is 0. The average Bonchev–Trinajstić information content (AvgIpc) is 3.20. The van der Waals surface area contributed by atoms with Crippen LogP contribution in [0.3, 0.4) is 0 Å². The topological polar surface area (TPSA) is 52.8 Å². The Balaban J connectivity index is 1.81. The highest BCUT2D eigenvalue weighted by Gasteiger charge is 2.22. The lowest BCUT2D eigenvalue weighted by Gasteiger charge is -2.21. The van der Waals surface area contributed by atoms with E-state index >= 15 is 0 Å². The molecule has 0 aromatic carbocycles. The van der Waals surface area contributed by atoms with Gasteiger partial charge in [-0.15, -0.1) is 6.58 Å². The molecule has 1 aromatic rings. The number of aliphatic imine (C=N–C) groups is 1. The van der Waals surface area contributed by atoms with Crippen LogP contribution in [0.2, 0.25) is 0 Å². The number of likely N-dealkylation sites (N-methyl/N-ethyl adjacent to an activating group) is 1. The van der Waals surface area contributed by atoms with Gasteiger partial charge in [-0.1, -0.05) is 13.0 Å². The minimum Gasteiger partial charge on any atom is -0.469 e. The van der Waals surface area contributed by atoms with Crippen molar-refractivity contribution in [3.63, 3.8) is 0 Å². The van der Waals surface area contributed by atoms with E-state index in [0.29, 0.717) is 6.04 Å². The number of rotatable bonds is 8. The highest BCUT2D eigenvalue weighted by atomic mass is 16.3. The molecule has 1 unspecified atom stereocenters. The van der Waals surface area contributed by atoms with E-state index in [1.54, 1.807) is 6.26 Å². The van der Waals surface area contributed by atoms with E-state index in [4.69, 9.17) is 9.41 Å². The van der Waals surface area contributed by atoms with Crippen LogP contribution in [0.1, 0.15) is 25.5 Å². The molecule has 122 valence electrons. The van der Waals surface area contributed by atoms with Crippen molar-refractivity contribution >= 4 is 5.96 Å². The minimum absolute atomic E-state index is 0.581. The maximum Gasteiger partial charge on any atom is 0.191 e. The summed E-state index contributed by atoms with van der Waals surface area (Å²) in [6, 6.07) is 4.49. The van der Waals surface area contributed by atoms with E-state index in [0.717, 1.165) is 44.3 Å². The monoisotopic (exact) mass is 304 g/mol. The van der Waals surface area contributed by atoms with E-state index in [1.807, 2.05) is 18.2 Å². The van der Waals surface area contributed by atoms with Crippen LogP contribution in [0.25, 0.3) is 0 Å². The van der Waals surface area contributed by atoms with Crippen molar-refractivity contribution in [2.75, 3.05) is 32.7 Å². The van der Waals surface area contributed by atoms with Crippen LogP contribution in [-0.4, -0.2) is 49.6 Å². The Morgan fingerprint density at radius 1 is 1.55 bits per heavy atom. The van der Waals surface area contributed by atoms with Crippen molar-refractivity contribution in [2.45, 2.75) is 32.2 Å². The van der Waals surface area contributed by atoms with E-state index in [1.165, 1.54) is 19.4 Å². The summed E-state index contributed by atoms with van der Waals surface area (Å²) < 4.78 is 5.34. The summed E-state index contributed by atoms with van der Waals surface area (Å²) in [6.07, 6.45) is 6.94. The minimum atomic E-state index is 0.581. The number of likely N-dealkylation sites (tertiary alicyclic amines) is 1. The maximum atomic E-state index is 5.34. The molecule has 1 atom stereocenters. The first-order valence-corrected chi connectivity index (χ1v) is 8.23. The molecule has 0 aliphatic carbocycles. The summed E-state index contributed by atoms with van der Waals surface area (Å²) in [6.45, 7) is 10.7. The molecule has 0 bridgehead atoms. The fourth-order valence-corrected chi connectivity index (χ4v) is 2.82. The maximum absolute atomic E-state index is 5.34. The Hall–Kier alpha value is -1.75. The molecule has 0 saturated carbocycles. The van der Waals surface area contributed by atoms with Gasteiger partial charge in [-0.05, 0) is 38.1 Å². The first kappa shape index (κ1) is 16.6. The predicted molar refractivity (Wildman–Crippen MR) is 91.2 cm³/mol. The van der Waals surface area contributed by atoms with Crippen LogP contribution >= 0.6 is 0 Å². The molecule has 1 aromatic heterocycles. The van der Waals surface area contributed by atoms with E-state index in [2.05, 4.69) is 29.0 Å². The third-order valence-corrected chi connectivity index (χ3v) is 4.02. The molecule has 0 radical (unpaired) electrons. The van der Waals surface area contributed by atoms with Crippen molar-refractivity contribution in [3.8, 4) is 0 Å². The zero-order valence-corrected chi connectivity index (χ0v) is 13.6. The summed E-state index contributed by atoms with van der Waals surface area (Å²) in [5.74, 6) is 1.85. The molecule has 1 aliphatic heterocycles. The van der Waals surface area contributed by atoms with E-state index in [-0.39, 0.29) is 0 Å². The van der Waals surface area contributed by atoms with Crippen molar-refractivity contribution in [1.82, 2.24) is 15.5 Å². The van der Waals surface area contributed by atoms with Crippen LogP contribution in [-0.2, 0) is 6.42 Å². The molecule has 22 heavy (non-hydrogen) atoms. The van der Waals surface area contributed by atoms with Crippen molar-refractivity contribution in [3.05, 3.63) is 36.8 Å². The van der Waals surface area contributed by atoms with Gasteiger partial charge in [0, 0.05) is 25.6 Å². The highest BCUT2D eigenvalue weighted by Crippen LogP contribution is 2.16. The zero-order chi connectivity index (χ0) is 15.6. The Morgan fingerprint density at radius 3 is 3.18 bits per heavy atom. The van der Waals surface area contributed by atoms with Gasteiger partial charge in [0.2, 0.25) is 0 Å². The van der Waals surface area contributed by atoms with Gasteiger partial charge in [0.1, 0.15) is 5.76 Å². The molecule has 2 N–H and O–H groups in total. The Labute approximate surface area is 133 Å². The third-order valence-electron chi connectivity index (χ3n) is 4.02. The molecule has 5 heteroatoms. The second-order valence-corrected chi connectivity index (χ2v) is 5.54. The average molecular weight is 304 g/mol. The fourth-order valence-electron chi connectivity index (χ4n) is 2.82. The summed E-state index contributed by atoms with van der Waals surface area (Å²) in [7, 11) is 0. The van der Waals surface area contributed by atoms with Gasteiger partial charge < -0.3 is 15.1 Å². The van der Waals surface area contributed by atoms with Crippen LogP contribution in [0.15, 0.2) is 40.5 Å². The number of nitrogens with zero attached hydrogens (tertiary/aromatic N) is 2. The molecule has 5 nitrogen and oxygen atoms in total. The van der Waals surface area contributed by atoms with Gasteiger partial charge in [-0.25, -0.2) is 0 Å². The van der Waals surface area contributed by atoms with Crippen molar-refractivity contribution in [2.24, 2.45) is 4.99 Å². The lowest BCUT2D eigenvalue weighted by Crippen LogP contribution is -2.40. The SMILES string of the molecule is C=CCNC(=NCC1CCCN1CC)NCCc1ccco1. The van der Waals surface area contributed by atoms with Gasteiger partial charge in [-0.3, -0.25) is 9.89 Å². The summed E-state index contributed by atoms with van der Waals surface area (Å²) in [5, 5.41) is 6.64. The molecule has 1 saturated heterocycles.